The van der Waals surface area contributed by atoms with E-state index < -0.39 is 0 Å². The van der Waals surface area contributed by atoms with Crippen LogP contribution in [0.25, 0.3) is 6.08 Å². The van der Waals surface area contributed by atoms with Crippen LogP contribution in [0.3, 0.4) is 0 Å². The fourth-order valence-corrected chi connectivity index (χ4v) is 2.79. The molecular formula is C17H23NO. The van der Waals surface area contributed by atoms with Crippen LogP contribution < -0.4 is 5.73 Å². The van der Waals surface area contributed by atoms with E-state index in [2.05, 4.69) is 20.8 Å². The average Bonchev–Trinajstić information content (AvgIpc) is 2.36. The Morgan fingerprint density at radius 1 is 1.21 bits per heavy atom. The van der Waals surface area contributed by atoms with E-state index in [-0.39, 0.29) is 5.92 Å². The first-order valence-corrected chi connectivity index (χ1v) is 7.10. The van der Waals surface area contributed by atoms with E-state index in [0.717, 1.165) is 29.7 Å². The van der Waals surface area contributed by atoms with Crippen LogP contribution in [-0.2, 0) is 4.79 Å². The number of anilines is 1. The Hall–Kier alpha value is -1.57. The van der Waals surface area contributed by atoms with Crippen LogP contribution >= 0.6 is 0 Å². The van der Waals surface area contributed by atoms with E-state index in [4.69, 9.17) is 5.73 Å². The third kappa shape index (κ3) is 3.06. The van der Waals surface area contributed by atoms with Crippen LogP contribution in [0.5, 0.6) is 0 Å². The minimum atomic E-state index is 0.191. The second kappa shape index (κ2) is 5.60. The summed E-state index contributed by atoms with van der Waals surface area (Å²) in [6.07, 6.45) is 4.17. The smallest absolute Gasteiger partial charge is 0.162 e. The Kier molecular flexibility index (Phi) is 4.08. The third-order valence-electron chi connectivity index (χ3n) is 4.13. The second-order valence-corrected chi connectivity index (χ2v) is 5.96. The summed E-state index contributed by atoms with van der Waals surface area (Å²) in [6.45, 7) is 6.43. The number of nitrogen functional groups attached to an aromatic ring is 1. The summed E-state index contributed by atoms with van der Waals surface area (Å²) in [5.74, 6) is 1.32. The molecule has 1 aliphatic carbocycles. The standard InChI is InChI=1S/C17H23NO/c1-11(2)15-9-4-12(3)16(17(15)19)10-13-5-7-14(18)8-6-13/h5-8,10-12,15H,4,9,18H2,1-3H3. The molecule has 2 nitrogen and oxygen atoms in total. The third-order valence-corrected chi connectivity index (χ3v) is 4.13. The zero-order valence-corrected chi connectivity index (χ0v) is 12.0. The first-order valence-electron chi connectivity index (χ1n) is 7.10. The summed E-state index contributed by atoms with van der Waals surface area (Å²) >= 11 is 0. The van der Waals surface area contributed by atoms with E-state index in [1.807, 2.05) is 30.3 Å². The summed E-state index contributed by atoms with van der Waals surface area (Å²) < 4.78 is 0. The monoisotopic (exact) mass is 257 g/mol. The van der Waals surface area contributed by atoms with Gasteiger partial charge in [0.05, 0.1) is 0 Å². The number of ketones is 1. The average molecular weight is 257 g/mol. The normalized spacial score (nSPS) is 26.1. The summed E-state index contributed by atoms with van der Waals surface area (Å²) in [5, 5.41) is 0. The Labute approximate surface area is 115 Å². The Bertz CT molecular complexity index is 484. The van der Waals surface area contributed by atoms with E-state index >= 15 is 0 Å². The highest BCUT2D eigenvalue weighted by Crippen LogP contribution is 2.35. The first kappa shape index (κ1) is 13.9. The predicted molar refractivity (Wildman–Crippen MR) is 80.6 cm³/mol. The lowest BCUT2D eigenvalue weighted by atomic mass is 9.73. The second-order valence-electron chi connectivity index (χ2n) is 5.96. The van der Waals surface area contributed by atoms with Gasteiger partial charge in [0.1, 0.15) is 0 Å². The lowest BCUT2D eigenvalue weighted by Crippen LogP contribution is -2.30. The molecule has 2 unspecified atom stereocenters. The molecule has 1 saturated carbocycles. The summed E-state index contributed by atoms with van der Waals surface area (Å²) in [6, 6.07) is 7.71. The molecule has 0 amide bonds. The number of hydrogen-bond donors (Lipinski definition) is 1. The molecule has 1 aromatic carbocycles. The van der Waals surface area contributed by atoms with E-state index in [1.165, 1.54) is 0 Å². The zero-order valence-electron chi connectivity index (χ0n) is 12.0. The fraction of sp³-hybridized carbons (Fsp3) is 0.471. The van der Waals surface area contributed by atoms with Crippen molar-refractivity contribution in [1.29, 1.82) is 0 Å². The molecule has 2 N–H and O–H groups in total. The maximum absolute atomic E-state index is 12.6. The van der Waals surface area contributed by atoms with Crippen molar-refractivity contribution < 1.29 is 4.79 Å². The summed E-state index contributed by atoms with van der Waals surface area (Å²) in [5.41, 5.74) is 8.49. The quantitative estimate of drug-likeness (QED) is 0.644. The fourth-order valence-electron chi connectivity index (χ4n) is 2.79. The van der Waals surface area contributed by atoms with Crippen molar-refractivity contribution in [3.63, 3.8) is 0 Å². The van der Waals surface area contributed by atoms with Gasteiger partial charge in [0, 0.05) is 11.6 Å². The molecule has 19 heavy (non-hydrogen) atoms. The van der Waals surface area contributed by atoms with E-state index in [9.17, 15) is 4.79 Å². The zero-order chi connectivity index (χ0) is 14.0. The molecule has 0 radical (unpaired) electrons. The van der Waals surface area contributed by atoms with Gasteiger partial charge in [-0.1, -0.05) is 32.9 Å². The minimum Gasteiger partial charge on any atom is -0.399 e. The van der Waals surface area contributed by atoms with Gasteiger partial charge in [-0.15, -0.1) is 0 Å². The molecule has 1 fully saturated rings. The molecule has 0 aliphatic heterocycles. The molecule has 1 aromatic rings. The lowest BCUT2D eigenvalue weighted by Gasteiger charge is -2.30. The van der Waals surface area contributed by atoms with Crippen molar-refractivity contribution >= 4 is 17.5 Å². The molecular weight excluding hydrogens is 234 g/mol. The lowest BCUT2D eigenvalue weighted by molar-refractivity contribution is -0.122. The van der Waals surface area contributed by atoms with Gasteiger partial charge in [0.2, 0.25) is 0 Å². The van der Waals surface area contributed by atoms with Gasteiger partial charge in [0.25, 0.3) is 0 Å². The Morgan fingerprint density at radius 3 is 2.42 bits per heavy atom. The molecule has 2 rings (SSSR count). The van der Waals surface area contributed by atoms with Crippen LogP contribution in [0.2, 0.25) is 0 Å². The maximum Gasteiger partial charge on any atom is 0.162 e. The molecule has 102 valence electrons. The van der Waals surface area contributed by atoms with Crippen molar-refractivity contribution in [3.05, 3.63) is 35.4 Å². The molecule has 2 atom stereocenters. The number of carbonyl (C=O) groups is 1. The number of hydrogen-bond acceptors (Lipinski definition) is 2. The number of benzene rings is 1. The van der Waals surface area contributed by atoms with Gasteiger partial charge in [-0.25, -0.2) is 0 Å². The summed E-state index contributed by atoms with van der Waals surface area (Å²) in [7, 11) is 0. The molecule has 0 bridgehead atoms. The molecule has 0 spiro atoms. The van der Waals surface area contributed by atoms with Crippen molar-refractivity contribution in [2.24, 2.45) is 17.8 Å². The number of carbonyl (C=O) groups excluding carboxylic acids is 1. The van der Waals surface area contributed by atoms with Gasteiger partial charge in [-0.05, 0) is 54.0 Å². The summed E-state index contributed by atoms with van der Waals surface area (Å²) in [4.78, 5) is 12.6. The number of allylic oxidation sites excluding steroid dienone is 1. The largest absolute Gasteiger partial charge is 0.399 e. The molecule has 0 aromatic heterocycles. The highest BCUT2D eigenvalue weighted by atomic mass is 16.1. The molecule has 2 heteroatoms. The van der Waals surface area contributed by atoms with Crippen LogP contribution in [0.4, 0.5) is 5.69 Å². The van der Waals surface area contributed by atoms with Crippen molar-refractivity contribution in [1.82, 2.24) is 0 Å². The van der Waals surface area contributed by atoms with Crippen molar-refractivity contribution in [2.45, 2.75) is 33.6 Å². The highest BCUT2D eigenvalue weighted by molar-refractivity contribution is 6.02. The first-order chi connectivity index (χ1) is 8.99. The number of nitrogens with two attached hydrogens (primary N) is 1. The van der Waals surface area contributed by atoms with Gasteiger partial charge in [-0.2, -0.15) is 0 Å². The number of Topliss-reactive ketones (excluding diaryl/α,β-unsaturated/α-hetero) is 1. The van der Waals surface area contributed by atoms with E-state index in [1.54, 1.807) is 0 Å². The number of rotatable bonds is 2. The van der Waals surface area contributed by atoms with E-state index in [0.29, 0.717) is 17.6 Å². The molecule has 1 aliphatic rings. The van der Waals surface area contributed by atoms with Crippen molar-refractivity contribution in [3.8, 4) is 0 Å². The topological polar surface area (TPSA) is 43.1 Å². The van der Waals surface area contributed by atoms with Gasteiger partial charge in [-0.3, -0.25) is 4.79 Å². The maximum atomic E-state index is 12.6. The minimum absolute atomic E-state index is 0.191. The van der Waals surface area contributed by atoms with Crippen LogP contribution in [0.15, 0.2) is 29.8 Å². The Morgan fingerprint density at radius 2 is 1.84 bits per heavy atom. The van der Waals surface area contributed by atoms with Gasteiger partial charge < -0.3 is 5.73 Å². The molecule has 0 heterocycles. The van der Waals surface area contributed by atoms with Gasteiger partial charge in [0.15, 0.2) is 5.78 Å². The SMILES string of the molecule is CC1CCC(C(C)C)C(=O)C1=Cc1ccc(N)cc1. The van der Waals surface area contributed by atoms with Gasteiger partial charge >= 0.3 is 0 Å². The van der Waals surface area contributed by atoms with Crippen LogP contribution in [-0.4, -0.2) is 5.78 Å². The van der Waals surface area contributed by atoms with Crippen molar-refractivity contribution in [2.75, 3.05) is 5.73 Å². The predicted octanol–water partition coefficient (Wildman–Crippen LogP) is 3.92. The highest BCUT2D eigenvalue weighted by Gasteiger charge is 2.32. The Balaban J connectivity index is 2.29. The molecule has 0 saturated heterocycles. The van der Waals surface area contributed by atoms with Crippen LogP contribution in [0.1, 0.15) is 39.2 Å². The van der Waals surface area contributed by atoms with Crippen LogP contribution in [0, 0.1) is 17.8 Å².